The van der Waals surface area contributed by atoms with Crippen LogP contribution in [0.2, 0.25) is 36.3 Å². The molecule has 1 rings (SSSR count). The van der Waals surface area contributed by atoms with E-state index in [1.54, 1.807) is 0 Å². The van der Waals surface area contributed by atoms with E-state index in [1.807, 2.05) is 0 Å². The Kier molecular flexibility index (Phi) is 9.85. The number of hydrogen-bond donors (Lipinski definition) is 0. The van der Waals surface area contributed by atoms with E-state index in [-0.39, 0.29) is 0 Å². The molecule has 0 aromatic rings. The molecule has 0 amide bonds. The Balaban J connectivity index is 2.87. The van der Waals surface area contributed by atoms with Gasteiger partial charge in [-0.15, -0.1) is 0 Å². The Morgan fingerprint density at radius 1 is 0.760 bits per heavy atom. The predicted octanol–water partition coefficient (Wildman–Crippen LogP) is 6.80. The van der Waals surface area contributed by atoms with E-state index in [4.69, 9.17) is 18.9 Å². The Labute approximate surface area is 158 Å². The first-order valence-corrected chi connectivity index (χ1v) is 15.7. The van der Waals surface area contributed by atoms with Gasteiger partial charge in [-0.2, -0.15) is 0 Å². The molecule has 6 heteroatoms. The second-order valence-electron chi connectivity index (χ2n) is 7.93. The van der Waals surface area contributed by atoms with E-state index >= 15 is 0 Å². The first kappa shape index (κ1) is 23.3. The molecule has 0 saturated heterocycles. The highest BCUT2D eigenvalue weighted by Gasteiger charge is 2.45. The van der Waals surface area contributed by atoms with Gasteiger partial charge in [-0.1, -0.05) is 54.9 Å². The van der Waals surface area contributed by atoms with Gasteiger partial charge in [0.2, 0.25) is 22.4 Å². The predicted molar refractivity (Wildman–Crippen MR) is 109 cm³/mol. The van der Waals surface area contributed by atoms with Gasteiger partial charge in [0.25, 0.3) is 0 Å². The highest BCUT2D eigenvalue weighted by atomic mass is 28.4. The zero-order valence-electron chi connectivity index (χ0n) is 17.8. The van der Waals surface area contributed by atoms with Gasteiger partial charge in [0.15, 0.2) is 0 Å². The van der Waals surface area contributed by atoms with Gasteiger partial charge in [-0.05, 0) is 48.6 Å². The summed E-state index contributed by atoms with van der Waals surface area (Å²) < 4.78 is 12.4. The maximum Gasteiger partial charge on any atom is 0.238 e. The van der Waals surface area contributed by atoms with Crippen LogP contribution in [0, 0.1) is 5.92 Å². The van der Waals surface area contributed by atoms with Crippen molar-refractivity contribution in [1.82, 2.24) is 0 Å². The summed E-state index contributed by atoms with van der Waals surface area (Å²) in [6.07, 6.45) is 4.05. The van der Waals surface area contributed by atoms with Crippen molar-refractivity contribution >= 4 is 16.6 Å². The lowest BCUT2D eigenvalue weighted by molar-refractivity contribution is -0.476. The maximum absolute atomic E-state index is 6.18. The van der Waals surface area contributed by atoms with Crippen LogP contribution in [0.15, 0.2) is 0 Å². The highest BCUT2D eigenvalue weighted by Crippen LogP contribution is 2.39. The molecular formula is C19H42O4Si2. The van der Waals surface area contributed by atoms with Gasteiger partial charge in [0, 0.05) is 12.8 Å². The smallest absolute Gasteiger partial charge is 0.238 e. The van der Waals surface area contributed by atoms with Crippen molar-refractivity contribution < 1.29 is 18.9 Å². The summed E-state index contributed by atoms with van der Waals surface area (Å²) in [6, 6.07) is 6.44. The highest BCUT2D eigenvalue weighted by molar-refractivity contribution is 6.73. The van der Waals surface area contributed by atoms with Crippen molar-refractivity contribution in [3.8, 4) is 0 Å². The third kappa shape index (κ3) is 6.14. The monoisotopic (exact) mass is 390 g/mol. The molecule has 1 saturated carbocycles. The molecule has 0 heterocycles. The van der Waals surface area contributed by atoms with Crippen LogP contribution in [0.25, 0.3) is 0 Å². The molecule has 0 bridgehead atoms. The second kappa shape index (κ2) is 10.6. The molecular weight excluding hydrogens is 348 g/mol. The van der Waals surface area contributed by atoms with Crippen LogP contribution in [0.1, 0.15) is 74.1 Å². The lowest BCUT2D eigenvalue weighted by Gasteiger charge is -2.41. The molecule has 0 spiro atoms. The Morgan fingerprint density at radius 3 is 1.48 bits per heavy atom. The molecule has 1 atom stereocenters. The molecule has 0 aromatic heterocycles. The SMILES string of the molecule is CC[Si](CC)(CC)OOC1(OO[Si](CC)(CC)CC)CCCC(C)C1. The van der Waals surface area contributed by atoms with E-state index in [9.17, 15) is 0 Å². The molecule has 0 radical (unpaired) electrons. The normalized spacial score (nSPS) is 21.5. The molecule has 0 N–H and O–H groups in total. The average molecular weight is 391 g/mol. The largest absolute Gasteiger partial charge is 0.283 e. The third-order valence-electron chi connectivity index (χ3n) is 6.52. The first-order chi connectivity index (χ1) is 11.9. The van der Waals surface area contributed by atoms with Crippen LogP contribution in [-0.4, -0.2) is 22.4 Å². The second-order valence-corrected chi connectivity index (χ2v) is 17.2. The van der Waals surface area contributed by atoms with E-state index in [2.05, 4.69) is 48.5 Å². The summed E-state index contributed by atoms with van der Waals surface area (Å²) in [7, 11) is -3.63. The van der Waals surface area contributed by atoms with Gasteiger partial charge in [-0.3, -0.25) is 9.15 Å². The minimum atomic E-state index is -1.82. The van der Waals surface area contributed by atoms with Crippen molar-refractivity contribution in [2.75, 3.05) is 0 Å². The molecule has 1 aliphatic rings. The quantitative estimate of drug-likeness (QED) is 0.159. The Bertz CT molecular complexity index is 330. The van der Waals surface area contributed by atoms with Crippen LogP contribution >= 0.6 is 0 Å². The van der Waals surface area contributed by atoms with E-state index in [0.29, 0.717) is 5.92 Å². The summed E-state index contributed by atoms with van der Waals surface area (Å²) in [5, 5.41) is 0. The molecule has 150 valence electrons. The van der Waals surface area contributed by atoms with Crippen LogP contribution in [0.5, 0.6) is 0 Å². The van der Waals surface area contributed by atoms with Crippen molar-refractivity contribution in [1.29, 1.82) is 0 Å². The fourth-order valence-electron chi connectivity index (χ4n) is 3.80. The summed E-state index contributed by atoms with van der Waals surface area (Å²) in [5.74, 6) is -0.143. The van der Waals surface area contributed by atoms with Gasteiger partial charge in [0.05, 0.1) is 0 Å². The Morgan fingerprint density at radius 2 is 1.16 bits per heavy atom. The fourth-order valence-corrected chi connectivity index (χ4v) is 8.17. The summed E-state index contributed by atoms with van der Waals surface area (Å²) in [4.78, 5) is 12.3. The average Bonchev–Trinajstić information content (AvgIpc) is 2.65. The summed E-state index contributed by atoms with van der Waals surface area (Å²) in [5.41, 5.74) is 0. The summed E-state index contributed by atoms with van der Waals surface area (Å²) >= 11 is 0. The molecule has 1 unspecified atom stereocenters. The van der Waals surface area contributed by atoms with Crippen LogP contribution in [-0.2, 0) is 18.9 Å². The van der Waals surface area contributed by atoms with Crippen molar-refractivity contribution in [3.05, 3.63) is 0 Å². The third-order valence-corrected chi connectivity index (χ3v) is 15.1. The molecule has 25 heavy (non-hydrogen) atoms. The van der Waals surface area contributed by atoms with Crippen molar-refractivity contribution in [3.63, 3.8) is 0 Å². The molecule has 0 aliphatic heterocycles. The van der Waals surface area contributed by atoms with E-state index in [1.165, 1.54) is 6.42 Å². The zero-order chi connectivity index (χ0) is 19.0. The summed E-state index contributed by atoms with van der Waals surface area (Å²) in [6.45, 7) is 15.6. The van der Waals surface area contributed by atoms with E-state index in [0.717, 1.165) is 55.5 Å². The van der Waals surface area contributed by atoms with Crippen LogP contribution in [0.4, 0.5) is 0 Å². The lowest BCUT2D eigenvalue weighted by atomic mass is 9.86. The van der Waals surface area contributed by atoms with Crippen molar-refractivity contribution in [2.24, 2.45) is 5.92 Å². The van der Waals surface area contributed by atoms with Gasteiger partial charge in [-0.25, -0.2) is 9.78 Å². The number of rotatable bonds is 12. The standard InChI is InChI=1S/C19H42O4Si2/c1-8-24(9-2,10-3)22-20-19(16-14-15-18(7)17-19)21-23-25(11-4,12-5)13-6/h18H,8-17H2,1-7H3. The first-order valence-electron chi connectivity index (χ1n) is 10.6. The minimum absolute atomic E-state index is 0.572. The zero-order valence-corrected chi connectivity index (χ0v) is 19.8. The molecule has 4 nitrogen and oxygen atoms in total. The molecule has 1 fully saturated rings. The van der Waals surface area contributed by atoms with Crippen LogP contribution in [0.3, 0.4) is 0 Å². The van der Waals surface area contributed by atoms with Gasteiger partial charge in [0.1, 0.15) is 0 Å². The number of hydrogen-bond acceptors (Lipinski definition) is 4. The lowest BCUT2D eigenvalue weighted by Crippen LogP contribution is -2.48. The molecule has 1 aliphatic carbocycles. The fraction of sp³-hybridized carbons (Fsp3) is 1.00. The van der Waals surface area contributed by atoms with Crippen molar-refractivity contribution in [2.45, 2.75) is 116 Å². The minimum Gasteiger partial charge on any atom is -0.283 e. The topological polar surface area (TPSA) is 36.9 Å². The molecule has 0 aromatic carbocycles. The van der Waals surface area contributed by atoms with E-state index < -0.39 is 22.4 Å². The van der Waals surface area contributed by atoms with Crippen LogP contribution < -0.4 is 0 Å². The Hall–Kier alpha value is 0.274. The van der Waals surface area contributed by atoms with Gasteiger partial charge >= 0.3 is 0 Å². The van der Waals surface area contributed by atoms with Gasteiger partial charge < -0.3 is 0 Å². The maximum atomic E-state index is 6.18.